The average molecular weight is 196 g/mol. The molecule has 3 heteroatoms. The quantitative estimate of drug-likeness (QED) is 0.631. The number of nitrogens with zero attached hydrogens (tertiary/aromatic N) is 2. The van der Waals surface area contributed by atoms with Gasteiger partial charge in [-0.1, -0.05) is 20.4 Å². The largest absolute Gasteiger partial charge is 0.336 e. The number of hydrogen-bond donors (Lipinski definition) is 0. The summed E-state index contributed by atoms with van der Waals surface area (Å²) < 4.78 is 0. The summed E-state index contributed by atoms with van der Waals surface area (Å²) in [6.07, 6.45) is 2.52. The lowest BCUT2D eigenvalue weighted by Crippen LogP contribution is -2.54. The predicted molar refractivity (Wildman–Crippen MR) is 58.1 cm³/mol. The Hall–Kier alpha value is -0.830. The first-order valence-corrected chi connectivity index (χ1v) is 5.38. The minimum Gasteiger partial charge on any atom is -0.336 e. The van der Waals surface area contributed by atoms with E-state index in [2.05, 4.69) is 25.3 Å². The maximum absolute atomic E-state index is 11.4. The first kappa shape index (κ1) is 11.2. The lowest BCUT2D eigenvalue weighted by Gasteiger charge is -2.40. The van der Waals surface area contributed by atoms with Gasteiger partial charge in [-0.15, -0.1) is 0 Å². The van der Waals surface area contributed by atoms with Crippen LogP contribution in [0.25, 0.3) is 0 Å². The molecule has 3 nitrogen and oxygen atoms in total. The van der Waals surface area contributed by atoms with Crippen LogP contribution in [-0.4, -0.2) is 47.9 Å². The van der Waals surface area contributed by atoms with Crippen LogP contribution in [0.15, 0.2) is 12.7 Å². The molecule has 1 amide bonds. The lowest BCUT2D eigenvalue weighted by atomic mass is 10.1. The Balaban J connectivity index is 2.56. The molecule has 0 bridgehead atoms. The molecule has 0 spiro atoms. The maximum Gasteiger partial charge on any atom is 0.246 e. The number of carbonyl (C=O) groups excluding carboxylic acids is 1. The molecule has 1 atom stereocenters. The minimum absolute atomic E-state index is 0.0687. The van der Waals surface area contributed by atoms with Crippen LogP contribution < -0.4 is 0 Å². The van der Waals surface area contributed by atoms with E-state index in [1.807, 2.05) is 4.90 Å². The standard InChI is InChI=1S/C11H20N2O/c1-4-10-9-13(11(14)5-2)8-7-12(10)6-3/h5,10H,2,4,6-9H2,1,3H3/t10-/m0/s1. The van der Waals surface area contributed by atoms with Crippen LogP contribution in [0, 0.1) is 0 Å². The summed E-state index contributed by atoms with van der Waals surface area (Å²) >= 11 is 0. The van der Waals surface area contributed by atoms with E-state index in [-0.39, 0.29) is 5.91 Å². The van der Waals surface area contributed by atoms with Gasteiger partial charge in [-0.3, -0.25) is 9.69 Å². The van der Waals surface area contributed by atoms with E-state index in [0.717, 1.165) is 32.6 Å². The van der Waals surface area contributed by atoms with Crippen molar-refractivity contribution in [2.45, 2.75) is 26.3 Å². The summed E-state index contributed by atoms with van der Waals surface area (Å²) in [5.74, 6) is 0.0687. The van der Waals surface area contributed by atoms with Crippen molar-refractivity contribution in [2.24, 2.45) is 0 Å². The molecule has 0 aromatic rings. The second-order valence-electron chi connectivity index (χ2n) is 3.68. The van der Waals surface area contributed by atoms with Gasteiger partial charge in [-0.05, 0) is 19.0 Å². The van der Waals surface area contributed by atoms with Gasteiger partial charge in [0.25, 0.3) is 0 Å². The van der Waals surface area contributed by atoms with Crippen molar-refractivity contribution < 1.29 is 4.79 Å². The zero-order valence-electron chi connectivity index (χ0n) is 9.20. The fraction of sp³-hybridized carbons (Fsp3) is 0.727. The summed E-state index contributed by atoms with van der Waals surface area (Å²) in [6.45, 7) is 11.6. The fourth-order valence-electron chi connectivity index (χ4n) is 2.03. The van der Waals surface area contributed by atoms with Gasteiger partial charge in [0.15, 0.2) is 0 Å². The molecule has 1 heterocycles. The molecule has 80 valence electrons. The van der Waals surface area contributed by atoms with Crippen LogP contribution in [0.4, 0.5) is 0 Å². The van der Waals surface area contributed by atoms with Gasteiger partial charge in [0.2, 0.25) is 5.91 Å². The van der Waals surface area contributed by atoms with Gasteiger partial charge in [0.05, 0.1) is 0 Å². The number of rotatable bonds is 3. The summed E-state index contributed by atoms with van der Waals surface area (Å²) in [4.78, 5) is 15.7. The number of piperazine rings is 1. The van der Waals surface area contributed by atoms with Gasteiger partial charge in [0.1, 0.15) is 0 Å². The van der Waals surface area contributed by atoms with Crippen LogP contribution in [0.1, 0.15) is 20.3 Å². The van der Waals surface area contributed by atoms with Gasteiger partial charge >= 0.3 is 0 Å². The number of likely N-dealkylation sites (N-methyl/N-ethyl adjacent to an activating group) is 1. The zero-order valence-corrected chi connectivity index (χ0v) is 9.20. The SMILES string of the molecule is C=CC(=O)N1CCN(CC)[C@@H](CC)C1. The van der Waals surface area contributed by atoms with E-state index in [4.69, 9.17) is 0 Å². The van der Waals surface area contributed by atoms with Crippen molar-refractivity contribution in [1.29, 1.82) is 0 Å². The van der Waals surface area contributed by atoms with Gasteiger partial charge in [0, 0.05) is 25.7 Å². The van der Waals surface area contributed by atoms with Crippen molar-refractivity contribution in [3.63, 3.8) is 0 Å². The van der Waals surface area contributed by atoms with Crippen molar-refractivity contribution in [3.8, 4) is 0 Å². The van der Waals surface area contributed by atoms with E-state index in [1.165, 1.54) is 6.08 Å². The van der Waals surface area contributed by atoms with Crippen molar-refractivity contribution in [1.82, 2.24) is 9.80 Å². The molecule has 1 saturated heterocycles. The number of amides is 1. The lowest BCUT2D eigenvalue weighted by molar-refractivity contribution is -0.128. The maximum atomic E-state index is 11.4. The summed E-state index contributed by atoms with van der Waals surface area (Å²) in [6, 6.07) is 0.526. The Morgan fingerprint density at radius 1 is 1.50 bits per heavy atom. The van der Waals surface area contributed by atoms with Crippen LogP contribution in [-0.2, 0) is 4.79 Å². The monoisotopic (exact) mass is 196 g/mol. The second kappa shape index (κ2) is 5.15. The fourth-order valence-corrected chi connectivity index (χ4v) is 2.03. The Morgan fingerprint density at radius 3 is 2.71 bits per heavy atom. The highest BCUT2D eigenvalue weighted by molar-refractivity contribution is 5.87. The van der Waals surface area contributed by atoms with Crippen LogP contribution >= 0.6 is 0 Å². The van der Waals surface area contributed by atoms with E-state index < -0.39 is 0 Å². The average Bonchev–Trinajstić information content (AvgIpc) is 2.26. The highest BCUT2D eigenvalue weighted by Gasteiger charge is 2.25. The molecule has 14 heavy (non-hydrogen) atoms. The smallest absolute Gasteiger partial charge is 0.246 e. The topological polar surface area (TPSA) is 23.6 Å². The third-order valence-electron chi connectivity index (χ3n) is 2.97. The second-order valence-corrected chi connectivity index (χ2v) is 3.68. The van der Waals surface area contributed by atoms with Crippen molar-refractivity contribution in [3.05, 3.63) is 12.7 Å². The van der Waals surface area contributed by atoms with E-state index in [9.17, 15) is 4.79 Å². The molecule has 1 aliphatic rings. The Kier molecular flexibility index (Phi) is 4.14. The molecule has 0 N–H and O–H groups in total. The normalized spacial score (nSPS) is 23.6. The summed E-state index contributed by atoms with van der Waals surface area (Å²) in [5, 5.41) is 0. The molecule has 1 fully saturated rings. The molecule has 0 saturated carbocycles. The molecule has 0 unspecified atom stereocenters. The predicted octanol–water partition coefficient (Wildman–Crippen LogP) is 1.12. The Labute approximate surface area is 86.4 Å². The Bertz CT molecular complexity index is 215. The highest BCUT2D eigenvalue weighted by atomic mass is 16.2. The molecular weight excluding hydrogens is 176 g/mol. The first-order chi connectivity index (χ1) is 6.72. The van der Waals surface area contributed by atoms with Crippen LogP contribution in [0.3, 0.4) is 0 Å². The molecule has 0 radical (unpaired) electrons. The molecule has 0 aliphatic carbocycles. The van der Waals surface area contributed by atoms with Gasteiger partial charge < -0.3 is 4.90 Å². The molecule has 1 rings (SSSR count). The van der Waals surface area contributed by atoms with Gasteiger partial charge in [-0.25, -0.2) is 0 Å². The molecule has 0 aromatic heterocycles. The van der Waals surface area contributed by atoms with Crippen molar-refractivity contribution in [2.75, 3.05) is 26.2 Å². The first-order valence-electron chi connectivity index (χ1n) is 5.38. The van der Waals surface area contributed by atoms with Crippen LogP contribution in [0.5, 0.6) is 0 Å². The summed E-state index contributed by atoms with van der Waals surface area (Å²) in [5.41, 5.74) is 0. The minimum atomic E-state index is 0.0687. The van der Waals surface area contributed by atoms with Crippen molar-refractivity contribution >= 4 is 5.91 Å². The van der Waals surface area contributed by atoms with E-state index in [0.29, 0.717) is 6.04 Å². The van der Waals surface area contributed by atoms with Gasteiger partial charge in [-0.2, -0.15) is 0 Å². The third-order valence-corrected chi connectivity index (χ3v) is 2.97. The van der Waals surface area contributed by atoms with E-state index in [1.54, 1.807) is 0 Å². The summed E-state index contributed by atoms with van der Waals surface area (Å²) in [7, 11) is 0. The highest BCUT2D eigenvalue weighted by Crippen LogP contribution is 2.12. The zero-order chi connectivity index (χ0) is 10.6. The Morgan fingerprint density at radius 2 is 2.21 bits per heavy atom. The number of hydrogen-bond acceptors (Lipinski definition) is 2. The molecule has 0 aromatic carbocycles. The molecular formula is C11H20N2O. The number of carbonyl (C=O) groups is 1. The van der Waals surface area contributed by atoms with Crippen LogP contribution in [0.2, 0.25) is 0 Å². The molecule has 1 aliphatic heterocycles. The van der Waals surface area contributed by atoms with E-state index >= 15 is 0 Å². The third kappa shape index (κ3) is 2.35.